The molecule has 0 N–H and O–H groups in total. The zero-order chi connectivity index (χ0) is 20.8. The van der Waals surface area contributed by atoms with Crippen LogP contribution < -0.4 is 0 Å². The molecule has 1 aliphatic carbocycles. The van der Waals surface area contributed by atoms with E-state index < -0.39 is 4.87 Å². The Balaban J connectivity index is 1.71. The standard InChI is InChI=1S/C28H30Cl2/c29-27-17-11-10-16-26(27)28(30,24-14-8-5-9-15-24)25-20-18-23(19-21-25)22-12-6-3-1-2-4-7-13-22/h5,8-11,14-22H,1-4,6-7,12-13H2. The van der Waals surface area contributed by atoms with E-state index in [-0.39, 0.29) is 0 Å². The molecule has 1 unspecified atom stereocenters. The summed E-state index contributed by atoms with van der Waals surface area (Å²) in [6.07, 6.45) is 10.8. The molecule has 1 atom stereocenters. The van der Waals surface area contributed by atoms with Crippen LogP contribution >= 0.6 is 23.2 Å². The second-order valence-electron chi connectivity index (χ2n) is 8.52. The minimum Gasteiger partial charge on any atom is -0.103 e. The average Bonchev–Trinajstić information content (AvgIpc) is 2.94. The fourth-order valence-electron chi connectivity index (χ4n) is 4.84. The van der Waals surface area contributed by atoms with E-state index in [1.165, 1.54) is 56.9 Å². The summed E-state index contributed by atoms with van der Waals surface area (Å²) >= 11 is 14.1. The largest absolute Gasteiger partial charge is 0.121 e. The Kier molecular flexibility index (Phi) is 7.18. The van der Waals surface area contributed by atoms with Crippen LogP contribution in [0.3, 0.4) is 0 Å². The monoisotopic (exact) mass is 436 g/mol. The lowest BCUT2D eigenvalue weighted by molar-refractivity contribution is 0.539. The van der Waals surface area contributed by atoms with Gasteiger partial charge in [0.15, 0.2) is 0 Å². The molecule has 0 aromatic heterocycles. The molecule has 0 nitrogen and oxygen atoms in total. The lowest BCUT2D eigenvalue weighted by Gasteiger charge is -2.30. The molecular formula is C28H30Cl2. The first-order chi connectivity index (χ1) is 14.7. The highest BCUT2D eigenvalue weighted by atomic mass is 35.5. The van der Waals surface area contributed by atoms with Crippen molar-refractivity contribution in [1.29, 1.82) is 0 Å². The molecule has 0 radical (unpaired) electrons. The first-order valence-electron chi connectivity index (χ1n) is 11.3. The zero-order valence-electron chi connectivity index (χ0n) is 17.5. The number of rotatable bonds is 4. The van der Waals surface area contributed by atoms with Gasteiger partial charge in [-0.3, -0.25) is 0 Å². The van der Waals surface area contributed by atoms with Crippen molar-refractivity contribution in [3.8, 4) is 0 Å². The van der Waals surface area contributed by atoms with Gasteiger partial charge in [0.25, 0.3) is 0 Å². The van der Waals surface area contributed by atoms with Gasteiger partial charge in [-0.15, -0.1) is 11.6 Å². The number of hydrogen-bond donors (Lipinski definition) is 0. The summed E-state index contributed by atoms with van der Waals surface area (Å²) in [6, 6.07) is 27.2. The molecular weight excluding hydrogens is 407 g/mol. The third-order valence-corrected chi connectivity index (χ3v) is 7.52. The van der Waals surface area contributed by atoms with Crippen LogP contribution in [0.25, 0.3) is 0 Å². The molecule has 0 saturated heterocycles. The zero-order valence-corrected chi connectivity index (χ0v) is 19.0. The number of hydrogen-bond acceptors (Lipinski definition) is 0. The summed E-state index contributed by atoms with van der Waals surface area (Å²) in [5, 5.41) is 0.691. The third-order valence-electron chi connectivity index (χ3n) is 6.55. The van der Waals surface area contributed by atoms with Crippen LogP contribution in [-0.2, 0) is 4.87 Å². The van der Waals surface area contributed by atoms with Crippen molar-refractivity contribution in [3.63, 3.8) is 0 Å². The highest BCUT2D eigenvalue weighted by Gasteiger charge is 2.35. The van der Waals surface area contributed by atoms with Crippen molar-refractivity contribution >= 4 is 23.2 Å². The highest BCUT2D eigenvalue weighted by molar-refractivity contribution is 6.34. The van der Waals surface area contributed by atoms with Crippen molar-refractivity contribution in [2.75, 3.05) is 0 Å². The van der Waals surface area contributed by atoms with Gasteiger partial charge in [0.1, 0.15) is 4.87 Å². The van der Waals surface area contributed by atoms with Gasteiger partial charge < -0.3 is 0 Å². The van der Waals surface area contributed by atoms with E-state index in [2.05, 4.69) is 36.4 Å². The Morgan fingerprint density at radius 1 is 0.600 bits per heavy atom. The Bertz CT molecular complexity index is 922. The molecule has 0 spiro atoms. The summed E-state index contributed by atoms with van der Waals surface area (Å²) in [4.78, 5) is -0.809. The van der Waals surface area contributed by atoms with Gasteiger partial charge >= 0.3 is 0 Å². The third kappa shape index (κ3) is 4.61. The van der Waals surface area contributed by atoms with Crippen molar-refractivity contribution in [2.45, 2.75) is 62.2 Å². The van der Waals surface area contributed by atoms with Crippen LogP contribution in [-0.4, -0.2) is 0 Å². The van der Waals surface area contributed by atoms with E-state index in [4.69, 9.17) is 23.2 Å². The summed E-state index contributed by atoms with van der Waals surface area (Å²) in [6.45, 7) is 0. The Hall–Kier alpha value is -1.76. The maximum Gasteiger partial charge on any atom is 0.121 e. The quantitative estimate of drug-likeness (QED) is 0.282. The predicted molar refractivity (Wildman–Crippen MR) is 130 cm³/mol. The SMILES string of the molecule is Clc1ccccc1C(Cl)(c1ccccc1)c1ccc(C2CCCCCCCC2)cc1. The van der Waals surface area contributed by atoms with E-state index in [9.17, 15) is 0 Å². The molecule has 1 aliphatic rings. The highest BCUT2D eigenvalue weighted by Crippen LogP contribution is 2.46. The van der Waals surface area contributed by atoms with Crippen LogP contribution in [0.1, 0.15) is 79.5 Å². The molecule has 0 amide bonds. The second-order valence-corrected chi connectivity index (χ2v) is 9.50. The Morgan fingerprint density at radius 2 is 1.13 bits per heavy atom. The topological polar surface area (TPSA) is 0 Å². The molecule has 0 heterocycles. The molecule has 0 aliphatic heterocycles. The molecule has 0 bridgehead atoms. The van der Waals surface area contributed by atoms with Gasteiger partial charge in [-0.25, -0.2) is 0 Å². The molecule has 1 saturated carbocycles. The second kappa shape index (κ2) is 10.0. The van der Waals surface area contributed by atoms with Crippen LogP contribution in [0.4, 0.5) is 0 Å². The van der Waals surface area contributed by atoms with Crippen molar-refractivity contribution in [2.24, 2.45) is 0 Å². The normalized spacial score (nSPS) is 18.1. The fourth-order valence-corrected chi connectivity index (χ4v) is 5.58. The van der Waals surface area contributed by atoms with Crippen LogP contribution in [0, 0.1) is 0 Å². The average molecular weight is 437 g/mol. The Labute approximate surface area is 191 Å². The summed E-state index contributed by atoms with van der Waals surface area (Å²) in [5.74, 6) is 0.666. The van der Waals surface area contributed by atoms with E-state index >= 15 is 0 Å². The maximum atomic E-state index is 7.44. The molecule has 1 fully saturated rings. The van der Waals surface area contributed by atoms with Crippen LogP contribution in [0.2, 0.25) is 5.02 Å². The number of alkyl halides is 1. The minimum absolute atomic E-state index is 0.666. The van der Waals surface area contributed by atoms with Gasteiger partial charge in [0.2, 0.25) is 0 Å². The fraction of sp³-hybridized carbons (Fsp3) is 0.357. The summed E-state index contributed by atoms with van der Waals surface area (Å²) in [7, 11) is 0. The summed E-state index contributed by atoms with van der Waals surface area (Å²) < 4.78 is 0. The van der Waals surface area contributed by atoms with E-state index in [1.54, 1.807) is 0 Å². The van der Waals surface area contributed by atoms with Gasteiger partial charge in [-0.2, -0.15) is 0 Å². The molecule has 3 aromatic rings. The van der Waals surface area contributed by atoms with Gasteiger partial charge in [0.05, 0.1) is 0 Å². The lowest BCUT2D eigenvalue weighted by Crippen LogP contribution is -2.23. The predicted octanol–water partition coefficient (Wildman–Crippen LogP) is 9.09. The van der Waals surface area contributed by atoms with Crippen molar-refractivity contribution in [1.82, 2.24) is 0 Å². The van der Waals surface area contributed by atoms with E-state index in [0.29, 0.717) is 10.9 Å². The molecule has 156 valence electrons. The van der Waals surface area contributed by atoms with Crippen molar-refractivity contribution in [3.05, 3.63) is 106 Å². The summed E-state index contributed by atoms with van der Waals surface area (Å²) in [5.41, 5.74) is 4.48. The van der Waals surface area contributed by atoms with E-state index in [1.807, 2.05) is 42.5 Å². The van der Waals surface area contributed by atoms with Gasteiger partial charge in [-0.1, -0.05) is 123 Å². The minimum atomic E-state index is -0.809. The maximum absolute atomic E-state index is 7.44. The smallest absolute Gasteiger partial charge is 0.103 e. The van der Waals surface area contributed by atoms with Crippen LogP contribution in [0.5, 0.6) is 0 Å². The molecule has 2 heteroatoms. The molecule has 3 aromatic carbocycles. The van der Waals surface area contributed by atoms with Crippen LogP contribution in [0.15, 0.2) is 78.9 Å². The molecule has 4 rings (SSSR count). The number of halogens is 2. The van der Waals surface area contributed by atoms with E-state index in [0.717, 1.165) is 16.7 Å². The van der Waals surface area contributed by atoms with Gasteiger partial charge in [-0.05, 0) is 41.5 Å². The van der Waals surface area contributed by atoms with Crippen molar-refractivity contribution < 1.29 is 0 Å². The molecule has 30 heavy (non-hydrogen) atoms. The Morgan fingerprint density at radius 3 is 1.77 bits per heavy atom. The number of benzene rings is 3. The van der Waals surface area contributed by atoms with Gasteiger partial charge in [0, 0.05) is 10.6 Å². The lowest BCUT2D eigenvalue weighted by atomic mass is 9.82. The first-order valence-corrected chi connectivity index (χ1v) is 12.0. The first kappa shape index (κ1) is 21.5.